The van der Waals surface area contributed by atoms with Gasteiger partial charge in [0.1, 0.15) is 0 Å². The van der Waals surface area contributed by atoms with Crippen LogP contribution >= 0.6 is 0 Å². The minimum absolute atomic E-state index is 0.146. The molecule has 0 radical (unpaired) electrons. The average Bonchev–Trinajstić information content (AvgIpc) is 2.60. The van der Waals surface area contributed by atoms with Crippen LogP contribution in [0.1, 0.15) is 41.8 Å². The van der Waals surface area contributed by atoms with Gasteiger partial charge in [-0.2, -0.15) is 0 Å². The van der Waals surface area contributed by atoms with Crippen molar-refractivity contribution in [1.29, 1.82) is 0 Å². The number of hydrogen-bond acceptors (Lipinski definition) is 3. The van der Waals surface area contributed by atoms with Crippen molar-refractivity contribution in [3.8, 4) is 11.8 Å². The molecule has 2 aromatic carbocycles. The molecule has 4 nitrogen and oxygen atoms in total. The van der Waals surface area contributed by atoms with Crippen LogP contribution in [0.3, 0.4) is 0 Å². The molecule has 0 unspecified atom stereocenters. The molecule has 128 valence electrons. The zero-order valence-electron chi connectivity index (χ0n) is 14.4. The highest BCUT2D eigenvalue weighted by atomic mass is 16.5. The summed E-state index contributed by atoms with van der Waals surface area (Å²) in [4.78, 5) is 23.5. The molecule has 25 heavy (non-hydrogen) atoms. The van der Waals surface area contributed by atoms with Crippen LogP contribution in [0.5, 0.6) is 0 Å². The van der Waals surface area contributed by atoms with Crippen molar-refractivity contribution in [2.45, 2.75) is 26.4 Å². The maximum Gasteiger partial charge on any atom is 0.307 e. The third kappa shape index (κ3) is 6.52. The lowest BCUT2D eigenvalue weighted by Gasteiger charge is -2.08. The van der Waals surface area contributed by atoms with Crippen LogP contribution in [0.25, 0.3) is 0 Å². The van der Waals surface area contributed by atoms with Gasteiger partial charge in [0.25, 0.3) is 5.91 Å². The van der Waals surface area contributed by atoms with Gasteiger partial charge < -0.3 is 10.1 Å². The molecule has 0 aromatic heterocycles. The van der Waals surface area contributed by atoms with Crippen LogP contribution in [0.4, 0.5) is 0 Å². The smallest absolute Gasteiger partial charge is 0.307 e. The molecular formula is C21H21NO3. The molecule has 0 aliphatic rings. The third-order valence-corrected chi connectivity index (χ3v) is 3.25. The summed E-state index contributed by atoms with van der Waals surface area (Å²) in [7, 11) is 0. The van der Waals surface area contributed by atoms with Crippen LogP contribution in [0.15, 0.2) is 54.6 Å². The Kier molecular flexibility index (Phi) is 6.79. The van der Waals surface area contributed by atoms with Crippen molar-refractivity contribution in [1.82, 2.24) is 5.32 Å². The molecule has 0 heterocycles. The van der Waals surface area contributed by atoms with Gasteiger partial charge in [0, 0.05) is 23.2 Å². The molecular weight excluding hydrogens is 314 g/mol. The molecule has 0 atom stereocenters. The summed E-state index contributed by atoms with van der Waals surface area (Å²) < 4.78 is 5.01. The van der Waals surface area contributed by atoms with E-state index in [9.17, 15) is 9.59 Å². The summed E-state index contributed by atoms with van der Waals surface area (Å²) in [6.45, 7) is 3.83. The number of carbonyl (C=O) groups excluding carboxylic acids is 2. The Morgan fingerprint density at radius 3 is 2.16 bits per heavy atom. The molecule has 0 bridgehead atoms. The van der Waals surface area contributed by atoms with Gasteiger partial charge in [-0.25, -0.2) is 0 Å². The molecule has 0 spiro atoms. The number of benzene rings is 2. The molecule has 4 heteroatoms. The Labute approximate surface area is 148 Å². The van der Waals surface area contributed by atoms with Gasteiger partial charge in [-0.1, -0.05) is 30.0 Å². The maximum atomic E-state index is 12.0. The highest BCUT2D eigenvalue weighted by molar-refractivity contribution is 5.94. The highest BCUT2D eigenvalue weighted by Gasteiger charge is 2.08. The number of esters is 1. The van der Waals surface area contributed by atoms with Crippen LogP contribution in [0.2, 0.25) is 0 Å². The quantitative estimate of drug-likeness (QED) is 0.674. The largest absolute Gasteiger partial charge is 0.463 e. The first-order valence-corrected chi connectivity index (χ1v) is 8.19. The number of hydrogen-bond donors (Lipinski definition) is 1. The Balaban J connectivity index is 1.86. The van der Waals surface area contributed by atoms with Crippen LogP contribution in [-0.4, -0.2) is 24.5 Å². The van der Waals surface area contributed by atoms with Crippen molar-refractivity contribution >= 4 is 11.9 Å². The Bertz CT molecular complexity index is 768. The highest BCUT2D eigenvalue weighted by Crippen LogP contribution is 2.04. The van der Waals surface area contributed by atoms with E-state index < -0.39 is 0 Å². The first kappa shape index (κ1) is 18.3. The fraction of sp³-hybridized carbons (Fsp3) is 0.238. The van der Waals surface area contributed by atoms with Gasteiger partial charge in [-0.15, -0.1) is 0 Å². The second kappa shape index (κ2) is 9.29. The summed E-state index contributed by atoms with van der Waals surface area (Å²) in [5.74, 6) is 5.59. The molecule has 0 aliphatic carbocycles. The SMILES string of the molecule is CC(C)OC(=O)CCNC(=O)c1ccc(C#Cc2ccccc2)cc1. The molecule has 1 amide bonds. The van der Waals surface area contributed by atoms with E-state index in [0.29, 0.717) is 5.56 Å². The Hall–Kier alpha value is -3.06. The molecule has 0 aliphatic heterocycles. The maximum absolute atomic E-state index is 12.0. The van der Waals surface area contributed by atoms with Crippen molar-refractivity contribution in [3.05, 3.63) is 71.3 Å². The fourth-order valence-corrected chi connectivity index (χ4v) is 2.07. The van der Waals surface area contributed by atoms with E-state index in [2.05, 4.69) is 17.2 Å². The van der Waals surface area contributed by atoms with Crippen molar-refractivity contribution in [2.24, 2.45) is 0 Å². The van der Waals surface area contributed by atoms with E-state index in [1.165, 1.54) is 0 Å². The molecule has 0 saturated carbocycles. The third-order valence-electron chi connectivity index (χ3n) is 3.25. The van der Waals surface area contributed by atoms with Gasteiger partial charge >= 0.3 is 5.97 Å². The molecule has 0 fully saturated rings. The number of amides is 1. The van der Waals surface area contributed by atoms with E-state index >= 15 is 0 Å². The summed E-state index contributed by atoms with van der Waals surface area (Å²) in [6, 6.07) is 16.8. The van der Waals surface area contributed by atoms with Crippen LogP contribution in [0, 0.1) is 11.8 Å². The van der Waals surface area contributed by atoms with Gasteiger partial charge in [0.2, 0.25) is 0 Å². The van der Waals surface area contributed by atoms with E-state index in [1.54, 1.807) is 38.1 Å². The minimum Gasteiger partial charge on any atom is -0.463 e. The molecule has 0 saturated heterocycles. The zero-order chi connectivity index (χ0) is 18.1. The fourth-order valence-electron chi connectivity index (χ4n) is 2.07. The van der Waals surface area contributed by atoms with E-state index in [-0.39, 0.29) is 30.9 Å². The van der Waals surface area contributed by atoms with Crippen LogP contribution < -0.4 is 5.32 Å². The number of carbonyl (C=O) groups is 2. The first-order valence-electron chi connectivity index (χ1n) is 8.19. The van der Waals surface area contributed by atoms with E-state index in [1.807, 2.05) is 30.3 Å². The Morgan fingerprint density at radius 1 is 0.960 bits per heavy atom. The summed E-state index contributed by atoms with van der Waals surface area (Å²) in [5.41, 5.74) is 2.31. The number of ether oxygens (including phenoxy) is 1. The zero-order valence-corrected chi connectivity index (χ0v) is 14.4. The lowest BCUT2D eigenvalue weighted by Crippen LogP contribution is -2.27. The van der Waals surface area contributed by atoms with E-state index in [0.717, 1.165) is 11.1 Å². The monoisotopic (exact) mass is 335 g/mol. The van der Waals surface area contributed by atoms with Gasteiger partial charge in [-0.3, -0.25) is 9.59 Å². The molecule has 1 N–H and O–H groups in total. The first-order chi connectivity index (χ1) is 12.0. The lowest BCUT2D eigenvalue weighted by atomic mass is 10.1. The van der Waals surface area contributed by atoms with Gasteiger partial charge in [-0.05, 0) is 50.2 Å². The molecule has 2 aromatic rings. The van der Waals surface area contributed by atoms with Crippen molar-refractivity contribution in [2.75, 3.05) is 6.54 Å². The second-order valence-electron chi connectivity index (χ2n) is 5.74. The molecule has 2 rings (SSSR count). The average molecular weight is 335 g/mol. The minimum atomic E-state index is -0.318. The summed E-state index contributed by atoms with van der Waals surface area (Å²) >= 11 is 0. The second-order valence-corrected chi connectivity index (χ2v) is 5.74. The van der Waals surface area contributed by atoms with E-state index in [4.69, 9.17) is 4.74 Å². The Morgan fingerprint density at radius 2 is 1.56 bits per heavy atom. The van der Waals surface area contributed by atoms with Crippen molar-refractivity contribution < 1.29 is 14.3 Å². The normalized spacial score (nSPS) is 9.88. The topological polar surface area (TPSA) is 55.4 Å². The predicted octanol–water partition coefficient (Wildman–Crippen LogP) is 3.16. The van der Waals surface area contributed by atoms with Crippen LogP contribution in [-0.2, 0) is 9.53 Å². The number of rotatable bonds is 5. The summed E-state index contributed by atoms with van der Waals surface area (Å²) in [6.07, 6.45) is 0.0117. The lowest BCUT2D eigenvalue weighted by molar-refractivity contribution is -0.147. The number of nitrogens with one attached hydrogen (secondary N) is 1. The van der Waals surface area contributed by atoms with Crippen molar-refractivity contribution in [3.63, 3.8) is 0 Å². The summed E-state index contributed by atoms with van der Waals surface area (Å²) in [5, 5.41) is 2.70. The predicted molar refractivity (Wildman–Crippen MR) is 97.0 cm³/mol. The standard InChI is InChI=1S/C21H21NO3/c1-16(2)25-20(23)14-15-22-21(24)19-12-10-18(11-13-19)9-8-17-6-4-3-5-7-17/h3-7,10-13,16H,14-15H2,1-2H3,(H,22,24). The van der Waals surface area contributed by atoms with Gasteiger partial charge in [0.15, 0.2) is 0 Å². The van der Waals surface area contributed by atoms with Gasteiger partial charge in [0.05, 0.1) is 12.5 Å².